The van der Waals surface area contributed by atoms with Crippen LogP contribution in [0.3, 0.4) is 0 Å². The molecule has 1 aliphatic carbocycles. The second-order valence-electron chi connectivity index (χ2n) is 11.1. The zero-order valence-corrected chi connectivity index (χ0v) is 21.5. The van der Waals surface area contributed by atoms with E-state index in [4.69, 9.17) is 0 Å². The smallest absolute Gasteiger partial charge is 0.0544 e. The molecule has 0 saturated carbocycles. The molecule has 180 valence electrons. The Morgan fingerprint density at radius 1 is 0.500 bits per heavy atom. The van der Waals surface area contributed by atoms with Gasteiger partial charge in [-0.15, -0.1) is 0 Å². The van der Waals surface area contributed by atoms with Crippen LogP contribution in [0.5, 0.6) is 0 Å². The molecule has 1 nitrogen and oxygen atoms in total. The Labute approximate surface area is 222 Å². The van der Waals surface area contributed by atoms with Crippen LogP contribution in [0.15, 0.2) is 121 Å². The first-order valence-electron chi connectivity index (χ1n) is 13.4. The molecule has 1 heteroatoms. The van der Waals surface area contributed by atoms with Gasteiger partial charge in [0.25, 0.3) is 0 Å². The van der Waals surface area contributed by atoms with Gasteiger partial charge in [0.05, 0.1) is 5.52 Å². The molecule has 0 amide bonds. The summed E-state index contributed by atoms with van der Waals surface area (Å²) in [5, 5.41) is 5.08. The van der Waals surface area contributed by atoms with Gasteiger partial charge in [-0.1, -0.05) is 117 Å². The second kappa shape index (κ2) is 7.69. The molecule has 1 heterocycles. The minimum absolute atomic E-state index is 0.000954. The summed E-state index contributed by atoms with van der Waals surface area (Å²) < 4.78 is 0. The highest BCUT2D eigenvalue weighted by Crippen LogP contribution is 2.52. The van der Waals surface area contributed by atoms with Gasteiger partial charge in [0, 0.05) is 27.3 Å². The Morgan fingerprint density at radius 3 is 2.00 bits per heavy atom. The number of hydrogen-bond acceptors (Lipinski definition) is 0. The molecule has 0 unspecified atom stereocenters. The topological polar surface area (TPSA) is 15.8 Å². The quantitative estimate of drug-likeness (QED) is 0.251. The number of H-pyrrole nitrogens is 1. The van der Waals surface area contributed by atoms with Crippen LogP contribution in [0.1, 0.15) is 25.0 Å². The monoisotopic (exact) mass is 485 g/mol. The van der Waals surface area contributed by atoms with Crippen molar-refractivity contribution in [3.63, 3.8) is 0 Å². The maximum atomic E-state index is 3.76. The van der Waals surface area contributed by atoms with E-state index in [1.54, 1.807) is 0 Å². The zero-order chi connectivity index (χ0) is 25.4. The Bertz CT molecular complexity index is 2050. The maximum Gasteiger partial charge on any atom is 0.0544 e. The number of aromatic nitrogens is 1. The highest BCUT2D eigenvalue weighted by molar-refractivity contribution is 6.15. The summed E-state index contributed by atoms with van der Waals surface area (Å²) in [6.07, 6.45) is 0. The lowest BCUT2D eigenvalue weighted by Crippen LogP contribution is -2.14. The summed E-state index contributed by atoms with van der Waals surface area (Å²) in [5.74, 6) is 0. The lowest BCUT2D eigenvalue weighted by Gasteiger charge is -2.21. The number of para-hydroxylation sites is 1. The predicted octanol–water partition coefficient (Wildman–Crippen LogP) is 10.1. The van der Waals surface area contributed by atoms with Crippen LogP contribution in [0.2, 0.25) is 0 Å². The molecule has 0 spiro atoms. The minimum atomic E-state index is -0.000954. The first-order chi connectivity index (χ1) is 18.6. The lowest BCUT2D eigenvalue weighted by atomic mass is 9.82. The van der Waals surface area contributed by atoms with Crippen LogP contribution >= 0.6 is 0 Å². The summed E-state index contributed by atoms with van der Waals surface area (Å²) >= 11 is 0. The molecule has 7 aromatic rings. The molecule has 0 bridgehead atoms. The third-order valence-corrected chi connectivity index (χ3v) is 8.59. The molecule has 0 radical (unpaired) electrons. The van der Waals surface area contributed by atoms with Gasteiger partial charge in [0.15, 0.2) is 0 Å². The van der Waals surface area contributed by atoms with Crippen LogP contribution in [0.25, 0.3) is 66.0 Å². The van der Waals surface area contributed by atoms with E-state index in [-0.39, 0.29) is 5.41 Å². The van der Waals surface area contributed by atoms with E-state index in [9.17, 15) is 0 Å². The van der Waals surface area contributed by atoms with Crippen molar-refractivity contribution < 1.29 is 0 Å². The van der Waals surface area contributed by atoms with Crippen LogP contribution in [-0.4, -0.2) is 4.98 Å². The number of nitrogens with one attached hydrogen (secondary N) is 1. The van der Waals surface area contributed by atoms with Crippen LogP contribution in [-0.2, 0) is 5.41 Å². The molecule has 6 aromatic carbocycles. The minimum Gasteiger partial charge on any atom is -0.354 e. The van der Waals surface area contributed by atoms with Crippen molar-refractivity contribution in [2.45, 2.75) is 19.3 Å². The van der Waals surface area contributed by atoms with Crippen molar-refractivity contribution in [3.8, 4) is 33.4 Å². The summed E-state index contributed by atoms with van der Waals surface area (Å²) in [4.78, 5) is 3.76. The molecule has 38 heavy (non-hydrogen) atoms. The molecule has 0 fully saturated rings. The number of fused-ring (bicyclic) bond motifs is 7. The molecule has 1 N–H and O–H groups in total. The van der Waals surface area contributed by atoms with Gasteiger partial charge < -0.3 is 4.98 Å². The van der Waals surface area contributed by atoms with E-state index in [1.807, 2.05) is 0 Å². The van der Waals surface area contributed by atoms with E-state index in [2.05, 4.69) is 140 Å². The first kappa shape index (κ1) is 21.5. The third kappa shape index (κ3) is 2.93. The molecular weight excluding hydrogens is 458 g/mol. The summed E-state index contributed by atoms with van der Waals surface area (Å²) in [7, 11) is 0. The van der Waals surface area contributed by atoms with E-state index >= 15 is 0 Å². The molecule has 0 atom stereocenters. The normalized spacial score (nSPS) is 13.7. The Morgan fingerprint density at radius 2 is 1.13 bits per heavy atom. The number of rotatable bonds is 2. The van der Waals surface area contributed by atoms with E-state index < -0.39 is 0 Å². The fourth-order valence-corrected chi connectivity index (χ4v) is 6.70. The van der Waals surface area contributed by atoms with E-state index in [1.165, 1.54) is 77.1 Å². The van der Waals surface area contributed by atoms with Gasteiger partial charge in [-0.2, -0.15) is 0 Å². The van der Waals surface area contributed by atoms with Crippen molar-refractivity contribution in [1.82, 2.24) is 4.98 Å². The molecular formula is C37H27N. The Kier molecular flexibility index (Phi) is 4.35. The van der Waals surface area contributed by atoms with Gasteiger partial charge in [0.2, 0.25) is 0 Å². The number of hydrogen-bond donors (Lipinski definition) is 1. The average molecular weight is 486 g/mol. The van der Waals surface area contributed by atoms with Gasteiger partial charge >= 0.3 is 0 Å². The zero-order valence-electron chi connectivity index (χ0n) is 21.5. The summed E-state index contributed by atoms with van der Waals surface area (Å²) in [6, 6.07) is 44.6. The van der Waals surface area contributed by atoms with Gasteiger partial charge in [-0.25, -0.2) is 0 Å². The maximum absolute atomic E-state index is 3.76. The fourth-order valence-electron chi connectivity index (χ4n) is 6.70. The molecule has 1 aliphatic rings. The standard InChI is InChI=1S/C37H27N/c1-37(2)32-18-6-5-14-30(32)35-27(15-9-19-33(35)37)25-12-7-13-26(20-25)28-16-8-17-29-31-21-23-10-3-4-11-24(23)22-34(31)38-36(28)29/h3-22,38H,1-2H3. The lowest BCUT2D eigenvalue weighted by molar-refractivity contribution is 0.660. The SMILES string of the molecule is CC1(C)c2ccccc2-c2c(-c3cccc(-c4cccc5c4[nH]c4cc6ccccc6cc45)c3)cccc21. The van der Waals surface area contributed by atoms with Crippen molar-refractivity contribution >= 4 is 32.6 Å². The van der Waals surface area contributed by atoms with E-state index in [0.29, 0.717) is 0 Å². The van der Waals surface area contributed by atoms with Crippen LogP contribution < -0.4 is 0 Å². The Hall–Kier alpha value is -4.62. The predicted molar refractivity (Wildman–Crippen MR) is 162 cm³/mol. The average Bonchev–Trinajstić information content (AvgIpc) is 3.44. The van der Waals surface area contributed by atoms with Crippen molar-refractivity contribution in [2.24, 2.45) is 0 Å². The van der Waals surface area contributed by atoms with Crippen molar-refractivity contribution in [2.75, 3.05) is 0 Å². The third-order valence-electron chi connectivity index (χ3n) is 8.59. The first-order valence-corrected chi connectivity index (χ1v) is 13.4. The van der Waals surface area contributed by atoms with Crippen molar-refractivity contribution in [1.29, 1.82) is 0 Å². The van der Waals surface area contributed by atoms with E-state index in [0.717, 1.165) is 0 Å². The molecule has 8 rings (SSSR count). The van der Waals surface area contributed by atoms with Crippen LogP contribution in [0.4, 0.5) is 0 Å². The fraction of sp³-hybridized carbons (Fsp3) is 0.0811. The number of aromatic amines is 1. The number of benzene rings is 6. The Balaban J connectivity index is 1.33. The van der Waals surface area contributed by atoms with Gasteiger partial charge in [-0.05, 0) is 67.9 Å². The largest absolute Gasteiger partial charge is 0.354 e. The summed E-state index contributed by atoms with van der Waals surface area (Å²) in [5.41, 5.74) is 13.0. The molecule has 0 saturated heterocycles. The molecule has 0 aliphatic heterocycles. The highest BCUT2D eigenvalue weighted by atomic mass is 14.7. The van der Waals surface area contributed by atoms with Gasteiger partial charge in [-0.3, -0.25) is 0 Å². The summed E-state index contributed by atoms with van der Waals surface area (Å²) in [6.45, 7) is 4.69. The van der Waals surface area contributed by atoms with Crippen molar-refractivity contribution in [3.05, 3.63) is 132 Å². The van der Waals surface area contributed by atoms with Gasteiger partial charge in [0.1, 0.15) is 0 Å². The van der Waals surface area contributed by atoms with Crippen LogP contribution in [0, 0.1) is 0 Å². The second-order valence-corrected chi connectivity index (χ2v) is 11.1. The molecule has 1 aromatic heterocycles. The highest BCUT2D eigenvalue weighted by Gasteiger charge is 2.36.